The van der Waals surface area contributed by atoms with Gasteiger partial charge in [0.25, 0.3) is 5.69 Å². The van der Waals surface area contributed by atoms with Crippen LogP contribution in [-0.4, -0.2) is 38.6 Å². The first-order chi connectivity index (χ1) is 14.2. The summed E-state index contributed by atoms with van der Waals surface area (Å²) in [6.45, 7) is 0.514. The molecule has 156 valence electrons. The van der Waals surface area contributed by atoms with Gasteiger partial charge in [-0.25, -0.2) is 8.42 Å². The predicted molar refractivity (Wildman–Crippen MR) is 115 cm³/mol. The molecule has 0 heterocycles. The average molecular weight is 427 g/mol. The Hall–Kier alpha value is -3.46. The van der Waals surface area contributed by atoms with Crippen LogP contribution in [0.15, 0.2) is 65.6 Å². The van der Waals surface area contributed by atoms with E-state index in [2.05, 4.69) is 10.6 Å². The fourth-order valence-corrected chi connectivity index (χ4v) is 3.68. The van der Waals surface area contributed by atoms with Crippen LogP contribution in [0.1, 0.15) is 5.56 Å². The van der Waals surface area contributed by atoms with Gasteiger partial charge in [0.05, 0.1) is 16.2 Å². The number of sulfone groups is 1. The molecule has 30 heavy (non-hydrogen) atoms. The van der Waals surface area contributed by atoms with Crippen LogP contribution in [0.25, 0.3) is 10.8 Å². The molecule has 9 heteroatoms. The molecular weight excluding hydrogens is 406 g/mol. The first-order valence-electron chi connectivity index (χ1n) is 9.21. The molecular formula is C21H21N3O5S. The normalized spacial score (nSPS) is 11.2. The summed E-state index contributed by atoms with van der Waals surface area (Å²) in [5, 5.41) is 19.0. The Morgan fingerprint density at radius 3 is 2.43 bits per heavy atom. The summed E-state index contributed by atoms with van der Waals surface area (Å²) < 4.78 is 23.2. The number of carbonyl (C=O) groups is 1. The molecule has 1 amide bonds. The Labute approximate surface area is 174 Å². The van der Waals surface area contributed by atoms with E-state index in [4.69, 9.17) is 0 Å². The number of carbonyl (C=O) groups excluding carboxylic acids is 1. The number of benzene rings is 3. The van der Waals surface area contributed by atoms with Gasteiger partial charge in [-0.15, -0.1) is 0 Å². The molecule has 0 aliphatic heterocycles. The SMILES string of the molecule is CS(=O)(=O)c1ccc(NCCNC(=O)Cc2ccc3ccccc3c2)c([N+](=O)[O-])c1. The zero-order chi connectivity index (χ0) is 21.7. The molecule has 0 fully saturated rings. The van der Waals surface area contributed by atoms with Crippen molar-refractivity contribution in [2.24, 2.45) is 0 Å². The van der Waals surface area contributed by atoms with E-state index in [0.29, 0.717) is 0 Å². The largest absolute Gasteiger partial charge is 0.378 e. The minimum Gasteiger partial charge on any atom is -0.378 e. The minimum absolute atomic E-state index is 0.122. The third kappa shape index (κ3) is 5.32. The molecule has 0 atom stereocenters. The minimum atomic E-state index is -3.54. The van der Waals surface area contributed by atoms with Gasteiger partial charge >= 0.3 is 0 Å². The monoisotopic (exact) mass is 427 g/mol. The van der Waals surface area contributed by atoms with Gasteiger partial charge in [0.1, 0.15) is 5.69 Å². The Kier molecular flexibility index (Phi) is 6.31. The Morgan fingerprint density at radius 1 is 1.00 bits per heavy atom. The van der Waals surface area contributed by atoms with Crippen LogP contribution in [0.3, 0.4) is 0 Å². The molecule has 0 spiro atoms. The summed E-state index contributed by atoms with van der Waals surface area (Å²) in [6.07, 6.45) is 1.22. The van der Waals surface area contributed by atoms with E-state index in [1.165, 1.54) is 12.1 Å². The number of nitrogens with one attached hydrogen (secondary N) is 2. The van der Waals surface area contributed by atoms with E-state index in [9.17, 15) is 23.3 Å². The molecule has 0 aromatic heterocycles. The zero-order valence-electron chi connectivity index (χ0n) is 16.3. The lowest BCUT2D eigenvalue weighted by Crippen LogP contribution is -2.30. The van der Waals surface area contributed by atoms with Crippen LogP contribution in [-0.2, 0) is 21.1 Å². The summed E-state index contributed by atoms with van der Waals surface area (Å²) in [6, 6.07) is 17.4. The maximum absolute atomic E-state index is 12.2. The molecule has 0 bridgehead atoms. The van der Waals surface area contributed by atoms with E-state index in [-0.39, 0.29) is 41.7 Å². The molecule has 0 radical (unpaired) electrons. The van der Waals surface area contributed by atoms with Gasteiger partial charge in [0.15, 0.2) is 9.84 Å². The van der Waals surface area contributed by atoms with Gasteiger partial charge in [-0.05, 0) is 28.5 Å². The number of hydrogen-bond acceptors (Lipinski definition) is 6. The van der Waals surface area contributed by atoms with Gasteiger partial charge in [-0.3, -0.25) is 14.9 Å². The molecule has 3 aromatic rings. The number of hydrogen-bond donors (Lipinski definition) is 2. The Balaban J connectivity index is 1.55. The van der Waals surface area contributed by atoms with Gasteiger partial charge in [0.2, 0.25) is 5.91 Å². The van der Waals surface area contributed by atoms with Gasteiger partial charge in [-0.1, -0.05) is 42.5 Å². The lowest BCUT2D eigenvalue weighted by atomic mass is 10.1. The molecule has 2 N–H and O–H groups in total. The second kappa shape index (κ2) is 8.91. The van der Waals surface area contributed by atoms with E-state index < -0.39 is 14.8 Å². The zero-order valence-corrected chi connectivity index (χ0v) is 17.1. The molecule has 0 saturated heterocycles. The average Bonchev–Trinajstić information content (AvgIpc) is 2.70. The topological polar surface area (TPSA) is 118 Å². The highest BCUT2D eigenvalue weighted by molar-refractivity contribution is 7.90. The van der Waals surface area contributed by atoms with E-state index >= 15 is 0 Å². The van der Waals surface area contributed by atoms with Crippen LogP contribution in [0.5, 0.6) is 0 Å². The number of fused-ring (bicyclic) bond motifs is 1. The first-order valence-corrected chi connectivity index (χ1v) is 11.1. The molecule has 3 aromatic carbocycles. The van der Waals surface area contributed by atoms with Crippen LogP contribution >= 0.6 is 0 Å². The number of nitro groups is 1. The summed E-state index contributed by atoms with van der Waals surface area (Å²) in [5.74, 6) is -0.158. The van der Waals surface area contributed by atoms with Crippen molar-refractivity contribution < 1.29 is 18.1 Å². The second-order valence-corrected chi connectivity index (χ2v) is 8.86. The second-order valence-electron chi connectivity index (χ2n) is 6.84. The van der Waals surface area contributed by atoms with Crippen LogP contribution in [0.4, 0.5) is 11.4 Å². The number of nitro benzene ring substituents is 1. The summed E-state index contributed by atoms with van der Waals surface area (Å²) in [7, 11) is -3.54. The van der Waals surface area contributed by atoms with Gasteiger partial charge in [0, 0.05) is 25.4 Å². The van der Waals surface area contributed by atoms with E-state index in [0.717, 1.165) is 28.7 Å². The Morgan fingerprint density at radius 2 is 1.73 bits per heavy atom. The van der Waals surface area contributed by atoms with Crippen LogP contribution in [0, 0.1) is 10.1 Å². The number of amides is 1. The standard InChI is InChI=1S/C21H21N3O5S/c1-30(28,29)18-8-9-19(20(14-18)24(26)27)22-10-11-23-21(25)13-15-6-7-16-4-2-3-5-17(16)12-15/h2-9,12,14,22H,10-11,13H2,1H3,(H,23,25). The van der Waals surface area contributed by atoms with Crippen molar-refractivity contribution in [1.82, 2.24) is 5.32 Å². The molecule has 0 saturated carbocycles. The number of anilines is 1. The van der Waals surface area contributed by atoms with Crippen molar-refractivity contribution in [3.05, 3.63) is 76.3 Å². The van der Waals surface area contributed by atoms with Crippen molar-refractivity contribution >= 4 is 37.9 Å². The fraction of sp³-hybridized carbons (Fsp3) is 0.190. The number of rotatable bonds is 8. The highest BCUT2D eigenvalue weighted by atomic mass is 32.2. The predicted octanol–water partition coefficient (Wildman–Crippen LogP) is 2.92. The van der Waals surface area contributed by atoms with Crippen molar-refractivity contribution in [2.45, 2.75) is 11.3 Å². The summed E-state index contributed by atoms with van der Waals surface area (Å²) in [5.41, 5.74) is 0.753. The van der Waals surface area contributed by atoms with Crippen LogP contribution < -0.4 is 10.6 Å². The van der Waals surface area contributed by atoms with E-state index in [1.54, 1.807) is 0 Å². The molecule has 8 nitrogen and oxygen atoms in total. The summed E-state index contributed by atoms with van der Waals surface area (Å²) >= 11 is 0. The maximum Gasteiger partial charge on any atom is 0.293 e. The third-order valence-electron chi connectivity index (χ3n) is 4.54. The fourth-order valence-electron chi connectivity index (χ4n) is 3.04. The maximum atomic E-state index is 12.2. The summed E-state index contributed by atoms with van der Waals surface area (Å²) in [4.78, 5) is 22.7. The molecule has 0 aliphatic rings. The highest BCUT2D eigenvalue weighted by Crippen LogP contribution is 2.27. The molecule has 0 aliphatic carbocycles. The smallest absolute Gasteiger partial charge is 0.293 e. The van der Waals surface area contributed by atoms with Crippen molar-refractivity contribution in [2.75, 3.05) is 24.7 Å². The lowest BCUT2D eigenvalue weighted by Gasteiger charge is -2.10. The van der Waals surface area contributed by atoms with Gasteiger partial charge < -0.3 is 10.6 Å². The number of nitrogens with zero attached hydrogens (tertiary/aromatic N) is 1. The van der Waals surface area contributed by atoms with Crippen molar-refractivity contribution in [3.8, 4) is 0 Å². The van der Waals surface area contributed by atoms with Crippen molar-refractivity contribution in [3.63, 3.8) is 0 Å². The van der Waals surface area contributed by atoms with Gasteiger partial charge in [-0.2, -0.15) is 0 Å². The highest BCUT2D eigenvalue weighted by Gasteiger charge is 2.18. The third-order valence-corrected chi connectivity index (χ3v) is 5.65. The Bertz CT molecular complexity index is 1210. The van der Waals surface area contributed by atoms with Crippen LogP contribution in [0.2, 0.25) is 0 Å². The molecule has 3 rings (SSSR count). The van der Waals surface area contributed by atoms with Crippen molar-refractivity contribution in [1.29, 1.82) is 0 Å². The van der Waals surface area contributed by atoms with E-state index in [1.807, 2.05) is 42.5 Å². The first kappa shape index (κ1) is 21.3. The quantitative estimate of drug-likeness (QED) is 0.324. The molecule has 0 unspecified atom stereocenters. The lowest BCUT2D eigenvalue weighted by molar-refractivity contribution is -0.384.